The van der Waals surface area contributed by atoms with Crippen LogP contribution in [0.1, 0.15) is 58.9 Å². The zero-order valence-electron chi connectivity index (χ0n) is 25.3. The fourth-order valence-electron chi connectivity index (χ4n) is 5.38. The van der Waals surface area contributed by atoms with E-state index in [2.05, 4.69) is 29.7 Å². The summed E-state index contributed by atoms with van der Waals surface area (Å²) in [6.45, 7) is 4.90. The molecule has 1 fully saturated rings. The first-order valence-electron chi connectivity index (χ1n) is 15.0. The van der Waals surface area contributed by atoms with Crippen molar-refractivity contribution in [2.75, 3.05) is 12.3 Å². The Bertz CT molecular complexity index is 1610. The minimum absolute atomic E-state index is 0.0364. The number of hydrogen-bond acceptors (Lipinski definition) is 6. The summed E-state index contributed by atoms with van der Waals surface area (Å²) in [6.07, 6.45) is -1.19. The van der Waals surface area contributed by atoms with E-state index in [-0.39, 0.29) is 36.3 Å². The van der Waals surface area contributed by atoms with Gasteiger partial charge in [0.15, 0.2) is 6.29 Å². The molecule has 1 aliphatic rings. The van der Waals surface area contributed by atoms with Crippen LogP contribution in [-0.4, -0.2) is 40.6 Å². The number of urea groups is 1. The molecule has 4 aromatic rings. The molecule has 0 radical (unpaired) electrons. The largest absolute Gasteiger partial charge is 0.478 e. The molecule has 1 heterocycles. The average Bonchev–Trinajstić information content (AvgIpc) is 3.07. The maximum absolute atomic E-state index is 11.9. The second kappa shape index (κ2) is 15.2. The Morgan fingerprint density at radius 1 is 0.822 bits per heavy atom. The predicted octanol–water partition coefficient (Wildman–Crippen LogP) is 6.95. The van der Waals surface area contributed by atoms with Crippen LogP contribution >= 0.6 is 11.8 Å². The van der Waals surface area contributed by atoms with Gasteiger partial charge in [-0.1, -0.05) is 79.7 Å². The summed E-state index contributed by atoms with van der Waals surface area (Å²) in [5.41, 5.74) is 5.91. The number of rotatable bonds is 11. The van der Waals surface area contributed by atoms with Crippen LogP contribution in [0.15, 0.2) is 102 Å². The highest BCUT2D eigenvalue weighted by Crippen LogP contribution is 2.43. The van der Waals surface area contributed by atoms with E-state index in [4.69, 9.17) is 9.47 Å². The van der Waals surface area contributed by atoms with Gasteiger partial charge in [-0.2, -0.15) is 0 Å². The number of carbonyl (C=O) groups is 2. The summed E-state index contributed by atoms with van der Waals surface area (Å²) < 4.78 is 13.3. The van der Waals surface area contributed by atoms with Gasteiger partial charge in [0.05, 0.1) is 24.4 Å². The Labute approximate surface area is 267 Å². The summed E-state index contributed by atoms with van der Waals surface area (Å²) in [5, 5.41) is 24.9. The summed E-state index contributed by atoms with van der Waals surface area (Å²) >= 11 is 1.47. The molecule has 2 amide bonds. The van der Waals surface area contributed by atoms with E-state index < -0.39 is 12.3 Å². The van der Waals surface area contributed by atoms with Crippen molar-refractivity contribution in [3.8, 4) is 11.1 Å². The van der Waals surface area contributed by atoms with Gasteiger partial charge in [0.25, 0.3) is 0 Å². The van der Waals surface area contributed by atoms with Gasteiger partial charge in [-0.15, -0.1) is 11.8 Å². The normalized spacial score (nSPS) is 19.5. The first-order valence-corrected chi connectivity index (χ1v) is 16.0. The summed E-state index contributed by atoms with van der Waals surface area (Å²) in [6, 6.07) is 30.7. The number of aliphatic hydroxyl groups is 1. The number of aliphatic hydroxyl groups excluding tert-OH is 1. The van der Waals surface area contributed by atoms with Crippen molar-refractivity contribution in [3.63, 3.8) is 0 Å². The van der Waals surface area contributed by atoms with Crippen LogP contribution < -0.4 is 10.6 Å². The molecule has 0 aliphatic carbocycles. The Hall–Kier alpha value is -4.15. The molecule has 0 unspecified atom stereocenters. The number of ether oxygens (including phenoxy) is 2. The monoisotopic (exact) mass is 626 g/mol. The number of thioether (sulfide) groups is 1. The standard InChI is InChI=1S/C36H38N2O6S/c1-3-37-36(42)38-20-25-8-6-9-27(18-25)28-10-7-11-29(19-28)35-43-31(22-45-32-13-5-4-12-30(32)34(40)41)23(2)33(44-35)26-16-14-24(21-39)15-17-26/h4-19,23,31,33,35,39H,3,20-22H2,1-2H3,(H,40,41)(H2,37,38,42)/t23-,31+,33+,35+/m0/s1. The van der Waals surface area contributed by atoms with E-state index >= 15 is 0 Å². The quantitative estimate of drug-likeness (QED) is 0.133. The maximum Gasteiger partial charge on any atom is 0.336 e. The van der Waals surface area contributed by atoms with Gasteiger partial charge in [0.1, 0.15) is 0 Å². The van der Waals surface area contributed by atoms with Gasteiger partial charge in [0.2, 0.25) is 0 Å². The summed E-state index contributed by atoms with van der Waals surface area (Å²) in [4.78, 5) is 24.4. The van der Waals surface area contributed by atoms with Gasteiger partial charge >= 0.3 is 12.0 Å². The van der Waals surface area contributed by atoms with E-state index in [1.54, 1.807) is 12.1 Å². The Morgan fingerprint density at radius 3 is 2.29 bits per heavy atom. The van der Waals surface area contributed by atoms with Gasteiger partial charge in [-0.25, -0.2) is 9.59 Å². The highest BCUT2D eigenvalue weighted by atomic mass is 32.2. The molecular weight excluding hydrogens is 588 g/mol. The minimum Gasteiger partial charge on any atom is -0.478 e. The molecule has 8 nitrogen and oxygen atoms in total. The third kappa shape index (κ3) is 8.12. The van der Waals surface area contributed by atoms with E-state index in [1.807, 2.05) is 79.7 Å². The lowest BCUT2D eigenvalue weighted by Crippen LogP contribution is -2.38. The van der Waals surface area contributed by atoms with Crippen molar-refractivity contribution in [2.45, 2.75) is 50.4 Å². The van der Waals surface area contributed by atoms with Crippen LogP contribution in [0.4, 0.5) is 4.79 Å². The van der Waals surface area contributed by atoms with Crippen LogP contribution in [0.5, 0.6) is 0 Å². The Balaban J connectivity index is 1.40. The van der Waals surface area contributed by atoms with Crippen molar-refractivity contribution < 1.29 is 29.3 Å². The number of carbonyl (C=O) groups excluding carboxylic acids is 1. The zero-order chi connectivity index (χ0) is 31.8. The first-order chi connectivity index (χ1) is 21.9. The number of hydrogen-bond donors (Lipinski definition) is 4. The number of amides is 2. The average molecular weight is 627 g/mol. The topological polar surface area (TPSA) is 117 Å². The van der Waals surface area contributed by atoms with Crippen molar-refractivity contribution in [1.82, 2.24) is 10.6 Å². The molecule has 0 aromatic heterocycles. The van der Waals surface area contributed by atoms with E-state index in [9.17, 15) is 19.8 Å². The summed E-state index contributed by atoms with van der Waals surface area (Å²) in [7, 11) is 0. The van der Waals surface area contributed by atoms with Crippen molar-refractivity contribution in [3.05, 3.63) is 125 Å². The molecule has 234 valence electrons. The lowest BCUT2D eigenvalue weighted by atomic mass is 9.91. The molecule has 1 aliphatic heterocycles. The fraction of sp³-hybridized carbons (Fsp3) is 0.278. The maximum atomic E-state index is 11.9. The minimum atomic E-state index is -0.959. The third-order valence-corrected chi connectivity index (χ3v) is 9.02. The van der Waals surface area contributed by atoms with E-state index in [0.29, 0.717) is 23.7 Å². The molecule has 4 aromatic carbocycles. The number of carboxylic acids is 1. The van der Waals surface area contributed by atoms with Crippen molar-refractivity contribution >= 4 is 23.8 Å². The molecule has 4 N–H and O–H groups in total. The summed E-state index contributed by atoms with van der Waals surface area (Å²) in [5.74, 6) is -0.459. The number of aromatic carboxylic acids is 1. The molecule has 5 rings (SSSR count). The Kier molecular flexibility index (Phi) is 10.9. The molecule has 0 spiro atoms. The van der Waals surface area contributed by atoms with E-state index in [1.165, 1.54) is 11.8 Å². The lowest BCUT2D eigenvalue weighted by Gasteiger charge is -2.41. The molecule has 4 atom stereocenters. The second-order valence-corrected chi connectivity index (χ2v) is 12.0. The van der Waals surface area contributed by atoms with Crippen LogP contribution in [0.2, 0.25) is 0 Å². The molecular formula is C36H38N2O6S. The Morgan fingerprint density at radius 2 is 1.56 bits per heavy atom. The van der Waals surface area contributed by atoms with Gasteiger partial charge in [-0.05, 0) is 59.0 Å². The molecule has 0 bridgehead atoms. The van der Waals surface area contributed by atoms with Gasteiger partial charge < -0.3 is 30.3 Å². The third-order valence-electron chi connectivity index (χ3n) is 7.85. The number of nitrogens with one attached hydrogen (secondary N) is 2. The molecule has 1 saturated heterocycles. The lowest BCUT2D eigenvalue weighted by molar-refractivity contribution is -0.268. The first kappa shape index (κ1) is 32.2. The van der Waals surface area contributed by atoms with Crippen LogP contribution in [0, 0.1) is 5.92 Å². The van der Waals surface area contributed by atoms with E-state index in [0.717, 1.165) is 33.4 Å². The number of benzene rings is 4. The van der Waals surface area contributed by atoms with Gasteiger partial charge in [0, 0.05) is 35.2 Å². The highest BCUT2D eigenvalue weighted by molar-refractivity contribution is 7.99. The van der Waals surface area contributed by atoms with Crippen molar-refractivity contribution in [1.29, 1.82) is 0 Å². The number of carboxylic acid groups (broad SMARTS) is 1. The molecule has 9 heteroatoms. The molecule has 0 saturated carbocycles. The van der Waals surface area contributed by atoms with Crippen LogP contribution in [0.25, 0.3) is 11.1 Å². The van der Waals surface area contributed by atoms with Crippen LogP contribution in [-0.2, 0) is 22.6 Å². The molecule has 45 heavy (non-hydrogen) atoms. The van der Waals surface area contributed by atoms with Crippen molar-refractivity contribution in [2.24, 2.45) is 5.92 Å². The van der Waals surface area contributed by atoms with Gasteiger partial charge in [-0.3, -0.25) is 0 Å². The highest BCUT2D eigenvalue weighted by Gasteiger charge is 2.38. The SMILES string of the molecule is CCNC(=O)NCc1cccc(-c2cccc([C@@H]3O[C@H](CSc4ccccc4C(=O)O)[C@H](C)[C@H](c4ccc(CO)cc4)O3)c2)c1. The zero-order valence-corrected chi connectivity index (χ0v) is 26.1. The second-order valence-electron chi connectivity index (χ2n) is 11.0. The smallest absolute Gasteiger partial charge is 0.336 e. The predicted molar refractivity (Wildman–Crippen MR) is 175 cm³/mol. The van der Waals surface area contributed by atoms with Crippen LogP contribution in [0.3, 0.4) is 0 Å². The fourth-order valence-corrected chi connectivity index (χ4v) is 6.59.